The van der Waals surface area contributed by atoms with E-state index in [0.29, 0.717) is 22.6 Å². The number of hydrogen-bond acceptors (Lipinski definition) is 2. The number of hydrogen-bond donors (Lipinski definition) is 0. The van der Waals surface area contributed by atoms with Gasteiger partial charge in [-0.15, -0.1) is 6.58 Å². The molecule has 4 rings (SSSR count). The van der Waals surface area contributed by atoms with Gasteiger partial charge in [0.2, 0.25) is 5.82 Å². The Labute approximate surface area is 205 Å². The number of aryl methyl sites for hydroxylation is 1. The van der Waals surface area contributed by atoms with Gasteiger partial charge in [0.05, 0.1) is 19.8 Å². The second kappa shape index (κ2) is 11.6. The molecule has 0 N–H and O–H groups in total. The van der Waals surface area contributed by atoms with Crippen molar-refractivity contribution in [3.63, 3.8) is 0 Å². The first-order valence-electron chi connectivity index (χ1n) is 12.2. The number of methoxy groups -OCH3 is 1. The average Bonchev–Trinajstić information content (AvgIpc) is 2.89. The molecule has 0 spiro atoms. The maximum atomic E-state index is 14.9. The fraction of sp³-hybridized carbons (Fsp3) is 0.333. The summed E-state index contributed by atoms with van der Waals surface area (Å²) in [6.07, 6.45) is 8.39. The SMILES string of the molecule is C=CC1CCC(CCCCc2ccc(-c3ccc(-c4ccc(OC)c(F)c4F)cc3)c(F)c2)CO1. The van der Waals surface area contributed by atoms with Crippen LogP contribution in [0, 0.1) is 23.4 Å². The number of unbranched alkanes of at least 4 members (excludes halogenated alkanes) is 1. The number of benzene rings is 3. The van der Waals surface area contributed by atoms with E-state index in [2.05, 4.69) is 6.58 Å². The molecule has 3 aromatic carbocycles. The highest BCUT2D eigenvalue weighted by atomic mass is 19.2. The van der Waals surface area contributed by atoms with Crippen molar-refractivity contribution in [1.82, 2.24) is 0 Å². The van der Waals surface area contributed by atoms with Crippen molar-refractivity contribution in [2.75, 3.05) is 13.7 Å². The van der Waals surface area contributed by atoms with Crippen molar-refractivity contribution in [2.45, 2.75) is 44.6 Å². The minimum Gasteiger partial charge on any atom is -0.494 e. The molecule has 0 aliphatic carbocycles. The molecule has 0 aromatic heterocycles. The summed E-state index contributed by atoms with van der Waals surface area (Å²) in [7, 11) is 1.29. The summed E-state index contributed by atoms with van der Waals surface area (Å²) < 4.78 is 53.9. The van der Waals surface area contributed by atoms with Crippen LogP contribution >= 0.6 is 0 Å². The van der Waals surface area contributed by atoms with Gasteiger partial charge >= 0.3 is 0 Å². The molecule has 184 valence electrons. The maximum absolute atomic E-state index is 14.9. The first-order valence-corrected chi connectivity index (χ1v) is 12.2. The molecule has 1 heterocycles. The lowest BCUT2D eigenvalue weighted by Gasteiger charge is -2.27. The Balaban J connectivity index is 1.34. The van der Waals surface area contributed by atoms with E-state index in [1.54, 1.807) is 36.4 Å². The second-order valence-electron chi connectivity index (χ2n) is 9.13. The van der Waals surface area contributed by atoms with E-state index in [-0.39, 0.29) is 23.2 Å². The molecule has 1 aliphatic rings. The summed E-state index contributed by atoms with van der Waals surface area (Å²) in [6.45, 7) is 4.60. The van der Waals surface area contributed by atoms with Crippen LogP contribution < -0.4 is 4.74 Å². The zero-order chi connectivity index (χ0) is 24.8. The van der Waals surface area contributed by atoms with E-state index in [4.69, 9.17) is 9.47 Å². The molecular weight excluding hydrogens is 449 g/mol. The lowest BCUT2D eigenvalue weighted by atomic mass is 9.92. The number of halogens is 3. The fourth-order valence-corrected chi connectivity index (χ4v) is 4.69. The van der Waals surface area contributed by atoms with Crippen molar-refractivity contribution in [2.24, 2.45) is 5.92 Å². The summed E-state index contributed by atoms with van der Waals surface area (Å²) in [5, 5.41) is 0. The third-order valence-corrected chi connectivity index (χ3v) is 6.80. The Morgan fingerprint density at radius 1 is 0.914 bits per heavy atom. The Morgan fingerprint density at radius 2 is 1.63 bits per heavy atom. The molecule has 0 saturated carbocycles. The topological polar surface area (TPSA) is 18.5 Å². The summed E-state index contributed by atoms with van der Waals surface area (Å²) >= 11 is 0. The number of rotatable bonds is 9. The zero-order valence-corrected chi connectivity index (χ0v) is 20.0. The van der Waals surface area contributed by atoms with E-state index in [1.165, 1.54) is 25.7 Å². The van der Waals surface area contributed by atoms with Gasteiger partial charge in [-0.2, -0.15) is 4.39 Å². The van der Waals surface area contributed by atoms with Crippen LogP contribution in [0.25, 0.3) is 22.3 Å². The third-order valence-electron chi connectivity index (χ3n) is 6.80. The van der Waals surface area contributed by atoms with Crippen molar-refractivity contribution < 1.29 is 22.6 Å². The smallest absolute Gasteiger partial charge is 0.201 e. The lowest BCUT2D eigenvalue weighted by molar-refractivity contribution is 0.00808. The van der Waals surface area contributed by atoms with Gasteiger partial charge in [-0.1, -0.05) is 48.9 Å². The predicted octanol–water partition coefficient (Wildman–Crippen LogP) is 8.14. The quantitative estimate of drug-likeness (QED) is 0.227. The average molecular weight is 481 g/mol. The standard InChI is InChI=1S/C30H31F3O2/c1-3-24-14-8-21(19-35-24)7-5-4-6-20-9-15-25(27(31)18-20)22-10-12-23(13-11-22)26-16-17-28(34-2)30(33)29(26)32/h3,9-13,15-18,21,24H,1,4-8,14,19H2,2H3. The van der Waals surface area contributed by atoms with Gasteiger partial charge in [-0.3, -0.25) is 0 Å². The van der Waals surface area contributed by atoms with Gasteiger partial charge in [0.15, 0.2) is 11.6 Å². The zero-order valence-electron chi connectivity index (χ0n) is 20.0. The number of ether oxygens (including phenoxy) is 2. The Kier molecular flexibility index (Phi) is 8.29. The van der Waals surface area contributed by atoms with E-state index >= 15 is 0 Å². The second-order valence-corrected chi connectivity index (χ2v) is 9.13. The van der Waals surface area contributed by atoms with E-state index in [1.807, 2.05) is 12.1 Å². The highest BCUT2D eigenvalue weighted by Gasteiger charge is 2.19. The van der Waals surface area contributed by atoms with Gasteiger partial charge in [0.25, 0.3) is 0 Å². The van der Waals surface area contributed by atoms with Crippen molar-refractivity contribution >= 4 is 0 Å². The van der Waals surface area contributed by atoms with E-state index in [0.717, 1.165) is 44.3 Å². The lowest BCUT2D eigenvalue weighted by Crippen LogP contribution is -2.24. The fourth-order valence-electron chi connectivity index (χ4n) is 4.69. The van der Waals surface area contributed by atoms with E-state index in [9.17, 15) is 13.2 Å². The molecule has 2 unspecified atom stereocenters. The van der Waals surface area contributed by atoms with Crippen LogP contribution in [0.3, 0.4) is 0 Å². The van der Waals surface area contributed by atoms with Crippen molar-refractivity contribution in [3.8, 4) is 28.0 Å². The largest absolute Gasteiger partial charge is 0.494 e. The molecule has 1 fully saturated rings. The molecule has 1 saturated heterocycles. The first kappa shape index (κ1) is 25.1. The van der Waals surface area contributed by atoms with Crippen LogP contribution in [0.2, 0.25) is 0 Å². The van der Waals surface area contributed by atoms with Gasteiger partial charge in [-0.05, 0) is 72.9 Å². The monoisotopic (exact) mass is 480 g/mol. The first-order chi connectivity index (χ1) is 17.0. The molecule has 2 atom stereocenters. The molecule has 2 nitrogen and oxygen atoms in total. The van der Waals surface area contributed by atoms with Gasteiger partial charge in [0, 0.05) is 11.1 Å². The van der Waals surface area contributed by atoms with Gasteiger partial charge < -0.3 is 9.47 Å². The van der Waals surface area contributed by atoms with Crippen LogP contribution in [0.5, 0.6) is 5.75 Å². The van der Waals surface area contributed by atoms with Crippen LogP contribution in [-0.2, 0) is 11.2 Å². The summed E-state index contributed by atoms with van der Waals surface area (Å²) in [5.41, 5.74) is 2.78. The van der Waals surface area contributed by atoms with Crippen molar-refractivity contribution in [1.29, 1.82) is 0 Å². The van der Waals surface area contributed by atoms with Crippen LogP contribution in [0.1, 0.15) is 37.7 Å². The normalized spacial score (nSPS) is 17.8. The minimum absolute atomic E-state index is 0.131. The van der Waals surface area contributed by atoms with Crippen molar-refractivity contribution in [3.05, 3.63) is 90.3 Å². The molecule has 5 heteroatoms. The third kappa shape index (κ3) is 5.96. The molecule has 0 amide bonds. The molecule has 3 aromatic rings. The molecular formula is C30H31F3O2. The van der Waals surface area contributed by atoms with E-state index < -0.39 is 11.6 Å². The summed E-state index contributed by atoms with van der Waals surface area (Å²) in [4.78, 5) is 0. The molecule has 1 aliphatic heterocycles. The Hall–Kier alpha value is -3.05. The highest BCUT2D eigenvalue weighted by molar-refractivity contribution is 5.71. The molecule has 0 bridgehead atoms. The maximum Gasteiger partial charge on any atom is 0.201 e. The van der Waals surface area contributed by atoms with Gasteiger partial charge in [0.1, 0.15) is 5.82 Å². The van der Waals surface area contributed by atoms with Crippen LogP contribution in [0.4, 0.5) is 13.2 Å². The highest BCUT2D eigenvalue weighted by Crippen LogP contribution is 2.32. The Morgan fingerprint density at radius 3 is 2.26 bits per heavy atom. The van der Waals surface area contributed by atoms with Crippen LogP contribution in [-0.4, -0.2) is 19.8 Å². The minimum atomic E-state index is -1.02. The summed E-state index contributed by atoms with van der Waals surface area (Å²) in [6, 6.07) is 15.0. The van der Waals surface area contributed by atoms with Crippen LogP contribution in [0.15, 0.2) is 67.3 Å². The summed E-state index contributed by atoms with van der Waals surface area (Å²) in [5.74, 6) is -1.81. The predicted molar refractivity (Wildman–Crippen MR) is 134 cm³/mol. The molecule has 35 heavy (non-hydrogen) atoms. The van der Waals surface area contributed by atoms with Gasteiger partial charge in [-0.25, -0.2) is 8.78 Å². The Bertz CT molecular complexity index is 1150. The molecule has 0 radical (unpaired) electrons.